The summed E-state index contributed by atoms with van der Waals surface area (Å²) in [5.41, 5.74) is 8.29. The van der Waals surface area contributed by atoms with E-state index in [1.165, 1.54) is 0 Å². The molecule has 0 aliphatic rings. The van der Waals surface area contributed by atoms with Crippen LogP contribution in [0.15, 0.2) is 36.5 Å². The van der Waals surface area contributed by atoms with Gasteiger partial charge in [0.25, 0.3) is 0 Å². The summed E-state index contributed by atoms with van der Waals surface area (Å²) in [5, 5.41) is 1.11. The van der Waals surface area contributed by atoms with Crippen molar-refractivity contribution in [2.45, 2.75) is 38.3 Å². The number of fused-ring (bicyclic) bond motifs is 1. The lowest BCUT2D eigenvalue weighted by Gasteiger charge is -2.36. The maximum atomic E-state index is 6.52. The van der Waals surface area contributed by atoms with Crippen LogP contribution >= 0.6 is 0 Å². The number of aromatic nitrogens is 1. The number of benzene rings is 1. The summed E-state index contributed by atoms with van der Waals surface area (Å²) in [6.45, 7) is 4.24. The first-order valence-corrected chi connectivity index (χ1v) is 6.83. The molecule has 2 rings (SSSR count). The Balaban J connectivity index is 2.55. The summed E-state index contributed by atoms with van der Waals surface area (Å²) < 4.78 is 5.76. The minimum Gasteiger partial charge on any atom is -0.376 e. The van der Waals surface area contributed by atoms with Crippen molar-refractivity contribution in [2.24, 2.45) is 5.73 Å². The van der Waals surface area contributed by atoms with Crippen molar-refractivity contribution >= 4 is 10.9 Å². The van der Waals surface area contributed by atoms with E-state index in [2.05, 4.69) is 31.0 Å². The van der Waals surface area contributed by atoms with Gasteiger partial charge in [-0.25, -0.2) is 0 Å². The number of methoxy groups -OCH3 is 1. The van der Waals surface area contributed by atoms with Gasteiger partial charge in [-0.2, -0.15) is 0 Å². The van der Waals surface area contributed by atoms with E-state index in [4.69, 9.17) is 10.5 Å². The van der Waals surface area contributed by atoms with Crippen LogP contribution in [0, 0.1) is 0 Å². The molecule has 2 N–H and O–H groups in total. The van der Waals surface area contributed by atoms with E-state index in [9.17, 15) is 0 Å². The minimum atomic E-state index is -0.315. The highest BCUT2D eigenvalue weighted by atomic mass is 16.5. The average molecular weight is 258 g/mol. The van der Waals surface area contributed by atoms with Gasteiger partial charge >= 0.3 is 0 Å². The molecule has 2 aromatic rings. The Morgan fingerprint density at radius 1 is 1.21 bits per heavy atom. The predicted octanol–water partition coefficient (Wildman–Crippen LogP) is 3.44. The van der Waals surface area contributed by atoms with Crippen molar-refractivity contribution in [2.75, 3.05) is 7.11 Å². The molecular formula is C16H22N2O. The molecule has 1 aromatic heterocycles. The SMILES string of the molecule is CCC(CC)(OC)C(N)c1cccc2ncccc12. The van der Waals surface area contributed by atoms with Crippen molar-refractivity contribution in [1.82, 2.24) is 4.98 Å². The maximum Gasteiger partial charge on any atom is 0.0865 e. The molecule has 0 aliphatic heterocycles. The molecular weight excluding hydrogens is 236 g/mol. The Kier molecular flexibility index (Phi) is 4.17. The van der Waals surface area contributed by atoms with Gasteiger partial charge in [-0.15, -0.1) is 0 Å². The highest BCUT2D eigenvalue weighted by molar-refractivity contribution is 5.82. The van der Waals surface area contributed by atoms with Crippen molar-refractivity contribution in [3.63, 3.8) is 0 Å². The third-order valence-electron chi connectivity index (χ3n) is 4.18. The molecule has 102 valence electrons. The van der Waals surface area contributed by atoms with E-state index < -0.39 is 0 Å². The fraction of sp³-hybridized carbons (Fsp3) is 0.438. The fourth-order valence-corrected chi connectivity index (χ4v) is 2.79. The molecule has 0 saturated heterocycles. The van der Waals surface area contributed by atoms with Gasteiger partial charge in [-0.3, -0.25) is 4.98 Å². The first-order valence-electron chi connectivity index (χ1n) is 6.83. The molecule has 1 aromatic carbocycles. The van der Waals surface area contributed by atoms with E-state index in [1.807, 2.05) is 18.2 Å². The Morgan fingerprint density at radius 2 is 1.95 bits per heavy atom. The number of nitrogens with two attached hydrogens (primary N) is 1. The van der Waals surface area contributed by atoms with Crippen LogP contribution in [-0.2, 0) is 4.74 Å². The van der Waals surface area contributed by atoms with Crippen molar-refractivity contribution in [3.05, 3.63) is 42.1 Å². The van der Waals surface area contributed by atoms with Crippen LogP contribution in [0.2, 0.25) is 0 Å². The van der Waals surface area contributed by atoms with Gasteiger partial charge in [0.15, 0.2) is 0 Å². The van der Waals surface area contributed by atoms with Crippen LogP contribution < -0.4 is 5.73 Å². The molecule has 0 bridgehead atoms. The highest BCUT2D eigenvalue weighted by Gasteiger charge is 2.35. The molecule has 3 heteroatoms. The summed E-state index contributed by atoms with van der Waals surface area (Å²) in [5.74, 6) is 0. The largest absolute Gasteiger partial charge is 0.376 e. The molecule has 1 unspecified atom stereocenters. The normalized spacial score (nSPS) is 13.7. The second-order valence-electron chi connectivity index (χ2n) is 4.87. The van der Waals surface area contributed by atoms with Crippen molar-refractivity contribution < 1.29 is 4.74 Å². The summed E-state index contributed by atoms with van der Waals surface area (Å²) >= 11 is 0. The number of pyridine rings is 1. The molecule has 1 heterocycles. The highest BCUT2D eigenvalue weighted by Crippen LogP contribution is 2.35. The lowest BCUT2D eigenvalue weighted by molar-refractivity contribution is -0.0382. The molecule has 0 saturated carbocycles. The molecule has 0 fully saturated rings. The van der Waals surface area contributed by atoms with E-state index in [1.54, 1.807) is 13.3 Å². The van der Waals surface area contributed by atoms with Crippen molar-refractivity contribution in [1.29, 1.82) is 0 Å². The second-order valence-corrected chi connectivity index (χ2v) is 4.87. The molecule has 0 spiro atoms. The first-order chi connectivity index (χ1) is 9.18. The zero-order chi connectivity index (χ0) is 13.9. The zero-order valence-electron chi connectivity index (χ0n) is 11.9. The topological polar surface area (TPSA) is 48.1 Å². The quantitative estimate of drug-likeness (QED) is 0.893. The summed E-state index contributed by atoms with van der Waals surface area (Å²) in [7, 11) is 1.75. The van der Waals surface area contributed by atoms with Gasteiger partial charge < -0.3 is 10.5 Å². The van der Waals surface area contributed by atoms with Crippen LogP contribution in [0.3, 0.4) is 0 Å². The molecule has 1 atom stereocenters. The Bertz CT molecular complexity index is 536. The van der Waals surface area contributed by atoms with E-state index in [-0.39, 0.29) is 11.6 Å². The molecule has 3 nitrogen and oxygen atoms in total. The van der Waals surface area contributed by atoms with Crippen LogP contribution in [0.25, 0.3) is 10.9 Å². The molecule has 0 aliphatic carbocycles. The third kappa shape index (κ3) is 2.36. The summed E-state index contributed by atoms with van der Waals surface area (Å²) in [6.07, 6.45) is 3.58. The zero-order valence-corrected chi connectivity index (χ0v) is 11.9. The number of hydrogen-bond acceptors (Lipinski definition) is 3. The maximum absolute atomic E-state index is 6.52. The molecule has 19 heavy (non-hydrogen) atoms. The Morgan fingerprint density at radius 3 is 2.58 bits per heavy atom. The standard InChI is InChI=1S/C16H22N2O/c1-4-16(5-2,19-3)15(17)13-8-6-10-14-12(13)9-7-11-18-14/h6-11,15H,4-5,17H2,1-3H3. The number of nitrogens with zero attached hydrogens (tertiary/aromatic N) is 1. The van der Waals surface area contributed by atoms with Crippen LogP contribution in [0.5, 0.6) is 0 Å². The van der Waals surface area contributed by atoms with E-state index >= 15 is 0 Å². The predicted molar refractivity (Wildman–Crippen MR) is 79.0 cm³/mol. The van der Waals surface area contributed by atoms with Crippen molar-refractivity contribution in [3.8, 4) is 0 Å². The number of hydrogen-bond donors (Lipinski definition) is 1. The second kappa shape index (κ2) is 5.68. The third-order valence-corrected chi connectivity index (χ3v) is 4.18. The van der Waals surface area contributed by atoms with Crippen LogP contribution in [-0.4, -0.2) is 17.7 Å². The minimum absolute atomic E-state index is 0.152. The van der Waals surface area contributed by atoms with Crippen LogP contribution in [0.1, 0.15) is 38.3 Å². The van der Waals surface area contributed by atoms with Gasteiger partial charge in [0.2, 0.25) is 0 Å². The van der Waals surface area contributed by atoms with Gasteiger partial charge in [0.05, 0.1) is 17.2 Å². The van der Waals surface area contributed by atoms with Gasteiger partial charge in [0.1, 0.15) is 0 Å². The van der Waals surface area contributed by atoms with Gasteiger partial charge in [-0.1, -0.05) is 32.0 Å². The van der Waals surface area contributed by atoms with E-state index in [0.29, 0.717) is 0 Å². The average Bonchev–Trinajstić information content (AvgIpc) is 2.49. The lowest BCUT2D eigenvalue weighted by atomic mass is 9.83. The number of ether oxygens (including phenoxy) is 1. The van der Waals surface area contributed by atoms with Crippen LogP contribution in [0.4, 0.5) is 0 Å². The summed E-state index contributed by atoms with van der Waals surface area (Å²) in [6, 6.07) is 9.97. The summed E-state index contributed by atoms with van der Waals surface area (Å²) in [4.78, 5) is 4.39. The fourth-order valence-electron chi connectivity index (χ4n) is 2.79. The Hall–Kier alpha value is -1.45. The molecule has 0 radical (unpaired) electrons. The smallest absolute Gasteiger partial charge is 0.0865 e. The Labute approximate surface area is 114 Å². The lowest BCUT2D eigenvalue weighted by Crippen LogP contribution is -2.42. The first kappa shape index (κ1) is 14.0. The molecule has 0 amide bonds. The van der Waals surface area contributed by atoms with Gasteiger partial charge in [0, 0.05) is 18.7 Å². The van der Waals surface area contributed by atoms with Gasteiger partial charge in [-0.05, 0) is 30.5 Å². The number of rotatable bonds is 5. The monoisotopic (exact) mass is 258 g/mol. The van der Waals surface area contributed by atoms with E-state index in [0.717, 1.165) is 29.3 Å².